The van der Waals surface area contributed by atoms with Crippen LogP contribution >= 0.6 is 0 Å². The third kappa shape index (κ3) is 6.16. The normalized spacial score (nSPS) is 17.7. The topological polar surface area (TPSA) is 136 Å². The summed E-state index contributed by atoms with van der Waals surface area (Å²) < 4.78 is 38.8. The Kier molecular flexibility index (Phi) is 8.51. The van der Waals surface area contributed by atoms with Gasteiger partial charge in [0.15, 0.2) is 0 Å². The number of allylic oxidation sites excluding steroid dienone is 2. The molecule has 11 heteroatoms. The Bertz CT molecular complexity index is 1380. The van der Waals surface area contributed by atoms with Gasteiger partial charge in [0, 0.05) is 29.9 Å². The van der Waals surface area contributed by atoms with Crippen molar-refractivity contribution in [3.8, 4) is 22.8 Å². The molecule has 10 nitrogen and oxygen atoms in total. The van der Waals surface area contributed by atoms with Crippen LogP contribution in [0.4, 0.5) is 5.82 Å². The van der Waals surface area contributed by atoms with Crippen molar-refractivity contribution in [3.63, 3.8) is 0 Å². The Labute approximate surface area is 224 Å². The van der Waals surface area contributed by atoms with Crippen molar-refractivity contribution >= 4 is 28.0 Å². The van der Waals surface area contributed by atoms with Crippen LogP contribution in [-0.4, -0.2) is 51.8 Å². The summed E-state index contributed by atoms with van der Waals surface area (Å²) in [6, 6.07) is 8.63. The van der Waals surface area contributed by atoms with E-state index < -0.39 is 15.9 Å². The largest absolute Gasteiger partial charge is 0.497 e. The summed E-state index contributed by atoms with van der Waals surface area (Å²) in [5.74, 6) is 0.831. The summed E-state index contributed by atoms with van der Waals surface area (Å²) in [4.78, 5) is 23.8. The molecule has 0 radical (unpaired) electrons. The number of carbonyl (C=O) groups is 1. The molecule has 1 aliphatic heterocycles. The Balaban J connectivity index is 2.12. The number of carbonyl (C=O) groups excluding carboxylic acids is 1. The van der Waals surface area contributed by atoms with Gasteiger partial charge in [-0.25, -0.2) is 23.1 Å². The lowest BCUT2D eigenvalue weighted by Crippen LogP contribution is -2.41. The molecule has 1 fully saturated rings. The molecule has 1 saturated heterocycles. The number of nitrogens with two attached hydrogens (primary N) is 1. The quantitative estimate of drug-likeness (QED) is 0.457. The number of nitrogens with one attached hydrogen (secondary N) is 1. The zero-order valence-corrected chi connectivity index (χ0v) is 23.4. The van der Waals surface area contributed by atoms with Gasteiger partial charge in [0.25, 0.3) is 15.9 Å². The fourth-order valence-electron chi connectivity index (χ4n) is 4.52. The minimum atomic E-state index is -4.27. The van der Waals surface area contributed by atoms with E-state index in [0.29, 0.717) is 35.5 Å². The lowest BCUT2D eigenvalue weighted by atomic mass is 9.97. The number of ether oxygens (including phenoxy) is 2. The number of rotatable bonds is 9. The first-order valence-electron chi connectivity index (χ1n) is 12.0. The van der Waals surface area contributed by atoms with Crippen molar-refractivity contribution in [3.05, 3.63) is 59.3 Å². The number of anilines is 1. The molecule has 1 aromatic heterocycles. The van der Waals surface area contributed by atoms with Crippen LogP contribution in [0.15, 0.2) is 58.7 Å². The molecule has 3 N–H and O–H groups in total. The van der Waals surface area contributed by atoms with Gasteiger partial charge < -0.3 is 20.1 Å². The van der Waals surface area contributed by atoms with Crippen LogP contribution in [0.2, 0.25) is 0 Å². The molecular weight excluding hydrogens is 506 g/mol. The van der Waals surface area contributed by atoms with E-state index in [1.807, 2.05) is 17.0 Å². The number of nitrogens with zero attached hydrogens (tertiary/aromatic N) is 3. The van der Waals surface area contributed by atoms with Crippen LogP contribution in [0.25, 0.3) is 11.3 Å². The van der Waals surface area contributed by atoms with E-state index in [4.69, 9.17) is 20.2 Å². The highest BCUT2D eigenvalue weighted by molar-refractivity contribution is 7.93. The summed E-state index contributed by atoms with van der Waals surface area (Å²) in [5, 5.41) is 0. The number of hydrogen-bond donors (Lipinski definition) is 2. The predicted molar refractivity (Wildman–Crippen MR) is 150 cm³/mol. The molecule has 0 spiro atoms. The highest BCUT2D eigenvalue weighted by atomic mass is 32.2. The Hall–Kier alpha value is -3.86. The van der Waals surface area contributed by atoms with E-state index in [1.54, 1.807) is 32.4 Å². The molecule has 1 atom stereocenters. The summed E-state index contributed by atoms with van der Waals surface area (Å²) >= 11 is 0. The maximum Gasteiger partial charge on any atom is 0.268 e. The highest BCUT2D eigenvalue weighted by Crippen LogP contribution is 2.39. The lowest BCUT2D eigenvalue weighted by molar-refractivity contribution is 0.0981. The Morgan fingerprint density at radius 3 is 2.39 bits per heavy atom. The van der Waals surface area contributed by atoms with E-state index in [2.05, 4.69) is 37.1 Å². The standard InChI is InChI=1S/C27H35N5O5S/c1-8-11-29-24(28)18(3)38(34,35)31-26(33)22-9-10-23(19-12-20(36-6)14-21(13-19)37-7)30-25(22)32-16-17(2)15-27(32,4)5/h8-14,17H,1,15-16,28H2,2-7H3,(H,31,33)/b24-18+,29-11?/t17-/m0/s1. The number of aromatic nitrogens is 1. The molecule has 0 aliphatic carbocycles. The summed E-state index contributed by atoms with van der Waals surface area (Å²) in [6.45, 7) is 11.7. The lowest BCUT2D eigenvalue weighted by Gasteiger charge is -2.34. The predicted octanol–water partition coefficient (Wildman–Crippen LogP) is 3.85. The number of pyridine rings is 1. The number of methoxy groups -OCH3 is 2. The van der Waals surface area contributed by atoms with Gasteiger partial charge in [0.2, 0.25) is 0 Å². The van der Waals surface area contributed by atoms with E-state index in [1.165, 1.54) is 19.2 Å². The molecule has 2 aromatic rings. The van der Waals surface area contributed by atoms with Gasteiger partial charge in [-0.2, -0.15) is 0 Å². The number of aliphatic imine (C=N–C) groups is 1. The first kappa shape index (κ1) is 28.7. The second kappa shape index (κ2) is 11.3. The molecule has 0 saturated carbocycles. The van der Waals surface area contributed by atoms with Crippen molar-refractivity contribution in [2.75, 3.05) is 25.7 Å². The molecule has 3 rings (SSSR count). The third-order valence-corrected chi connectivity index (χ3v) is 7.87. The van der Waals surface area contributed by atoms with Gasteiger partial charge >= 0.3 is 0 Å². The Morgan fingerprint density at radius 2 is 1.87 bits per heavy atom. The van der Waals surface area contributed by atoms with E-state index in [-0.39, 0.29) is 21.8 Å². The molecule has 2 heterocycles. The maximum absolute atomic E-state index is 13.4. The summed E-state index contributed by atoms with van der Waals surface area (Å²) in [5.41, 5.74) is 6.88. The smallest absolute Gasteiger partial charge is 0.268 e. The number of hydrogen-bond acceptors (Lipinski definition) is 9. The van der Waals surface area contributed by atoms with E-state index in [9.17, 15) is 13.2 Å². The number of amides is 1. The summed E-state index contributed by atoms with van der Waals surface area (Å²) in [6.07, 6.45) is 3.51. The maximum atomic E-state index is 13.4. The van der Waals surface area contributed by atoms with E-state index in [0.717, 1.165) is 12.0 Å². The zero-order chi connectivity index (χ0) is 28.3. The van der Waals surface area contributed by atoms with Gasteiger partial charge in [0.05, 0.1) is 25.5 Å². The molecular formula is C27H35N5O5S. The van der Waals surface area contributed by atoms with E-state index >= 15 is 0 Å². The first-order chi connectivity index (χ1) is 17.8. The average molecular weight is 542 g/mol. The average Bonchev–Trinajstić information content (AvgIpc) is 3.16. The van der Waals surface area contributed by atoms with Crippen molar-refractivity contribution in [2.24, 2.45) is 16.6 Å². The second-order valence-electron chi connectivity index (χ2n) is 9.79. The van der Waals surface area contributed by atoms with Crippen LogP contribution in [0.3, 0.4) is 0 Å². The van der Waals surface area contributed by atoms with Gasteiger partial charge in [-0.3, -0.25) is 4.79 Å². The van der Waals surface area contributed by atoms with Crippen molar-refractivity contribution in [1.82, 2.24) is 9.71 Å². The molecule has 1 aromatic carbocycles. The van der Waals surface area contributed by atoms with Crippen LogP contribution in [0.5, 0.6) is 11.5 Å². The van der Waals surface area contributed by atoms with Gasteiger partial charge in [-0.05, 0) is 57.4 Å². The fraction of sp³-hybridized carbons (Fsp3) is 0.370. The zero-order valence-electron chi connectivity index (χ0n) is 22.6. The minimum absolute atomic E-state index is 0.121. The molecule has 1 amide bonds. The van der Waals surface area contributed by atoms with Gasteiger partial charge in [0.1, 0.15) is 28.0 Å². The molecule has 1 aliphatic rings. The molecule has 0 unspecified atom stereocenters. The summed E-state index contributed by atoms with van der Waals surface area (Å²) in [7, 11) is -1.15. The van der Waals surface area contributed by atoms with Crippen LogP contribution in [0, 0.1) is 5.92 Å². The molecule has 204 valence electrons. The van der Waals surface area contributed by atoms with Crippen molar-refractivity contribution < 1.29 is 22.7 Å². The Morgan fingerprint density at radius 1 is 1.24 bits per heavy atom. The first-order valence-corrected chi connectivity index (χ1v) is 13.5. The monoisotopic (exact) mass is 541 g/mol. The molecule has 0 bridgehead atoms. The van der Waals surface area contributed by atoms with Crippen LogP contribution in [0.1, 0.15) is 44.5 Å². The second-order valence-corrected chi connectivity index (χ2v) is 11.6. The van der Waals surface area contributed by atoms with Crippen molar-refractivity contribution in [2.45, 2.75) is 39.7 Å². The van der Waals surface area contributed by atoms with Crippen molar-refractivity contribution in [1.29, 1.82) is 0 Å². The fourth-order valence-corrected chi connectivity index (χ4v) is 5.36. The highest BCUT2D eigenvalue weighted by Gasteiger charge is 2.39. The number of benzene rings is 1. The SMILES string of the molecule is C=CC=N/C(N)=C(\C)S(=O)(=O)NC(=O)c1ccc(-c2cc(OC)cc(OC)c2)nc1N1C[C@@H](C)CC1(C)C. The molecule has 38 heavy (non-hydrogen) atoms. The van der Waals surface area contributed by atoms with Gasteiger partial charge in [-0.15, -0.1) is 0 Å². The minimum Gasteiger partial charge on any atom is -0.497 e. The number of sulfonamides is 1. The van der Waals surface area contributed by atoms with Crippen LogP contribution in [-0.2, 0) is 10.0 Å². The third-order valence-electron chi connectivity index (χ3n) is 6.41. The van der Waals surface area contributed by atoms with Gasteiger partial charge in [-0.1, -0.05) is 19.6 Å². The van der Waals surface area contributed by atoms with Crippen LogP contribution < -0.4 is 24.8 Å².